The van der Waals surface area contributed by atoms with Gasteiger partial charge in [0.2, 0.25) is 0 Å². The van der Waals surface area contributed by atoms with Crippen LogP contribution in [0.4, 0.5) is 14.9 Å². The van der Waals surface area contributed by atoms with Gasteiger partial charge in [0.15, 0.2) is 0 Å². The number of benzene rings is 1. The number of hydrogen-bond acceptors (Lipinski definition) is 5. The van der Waals surface area contributed by atoms with E-state index < -0.39 is 11.7 Å². The second-order valence-electron chi connectivity index (χ2n) is 10.6. The fourth-order valence-corrected chi connectivity index (χ4v) is 5.03. The molecule has 0 spiro atoms. The number of anilines is 1. The molecule has 2 atom stereocenters. The van der Waals surface area contributed by atoms with E-state index in [4.69, 9.17) is 9.47 Å². The van der Waals surface area contributed by atoms with Gasteiger partial charge in [-0.2, -0.15) is 0 Å². The molecule has 1 fully saturated rings. The van der Waals surface area contributed by atoms with Gasteiger partial charge in [-0.25, -0.2) is 9.18 Å². The third-order valence-electron chi connectivity index (χ3n) is 6.54. The number of aromatic nitrogens is 1. The predicted molar refractivity (Wildman–Crippen MR) is 131 cm³/mol. The zero-order valence-electron chi connectivity index (χ0n) is 21.2. The number of amides is 1. The third kappa shape index (κ3) is 5.52. The summed E-state index contributed by atoms with van der Waals surface area (Å²) < 4.78 is 26.7. The fraction of sp³-hybridized carbons (Fsp3) is 0.556. The molecule has 0 N–H and O–H groups in total. The minimum atomic E-state index is -0.623. The number of ether oxygens (including phenoxy) is 2. The van der Waals surface area contributed by atoms with Crippen LogP contribution >= 0.6 is 0 Å². The van der Waals surface area contributed by atoms with E-state index in [1.165, 1.54) is 16.5 Å². The number of carbonyl (C=O) groups is 1. The van der Waals surface area contributed by atoms with Crippen LogP contribution in [-0.2, 0) is 11.2 Å². The second kappa shape index (κ2) is 9.53. The summed E-state index contributed by atoms with van der Waals surface area (Å²) in [5, 5.41) is 0. The van der Waals surface area contributed by atoms with Gasteiger partial charge in [-0.05, 0) is 90.6 Å². The second-order valence-corrected chi connectivity index (χ2v) is 10.6. The normalized spacial score (nSPS) is 19.5. The molecule has 1 aromatic heterocycles. The lowest BCUT2D eigenvalue weighted by molar-refractivity contribution is 0.0567. The lowest BCUT2D eigenvalue weighted by Gasteiger charge is -2.33. The van der Waals surface area contributed by atoms with Crippen molar-refractivity contribution in [1.29, 1.82) is 0 Å². The van der Waals surface area contributed by atoms with Gasteiger partial charge in [0.05, 0.1) is 12.2 Å². The maximum absolute atomic E-state index is 15.3. The maximum atomic E-state index is 15.3. The Hall–Kier alpha value is -2.67. The molecule has 1 aromatic carbocycles. The van der Waals surface area contributed by atoms with Crippen molar-refractivity contribution in [3.63, 3.8) is 0 Å². The standard InChI is InChI=1S/C27H36FN3O3/c1-17-11-21(12-18(2)29-17)13-20-7-8-30(16-20)19(3)22-14-25-24(15-23(22)28)31(9-10-33-25)26(32)34-27(4,5)6/h11-12,14-15,19-20H,7-10,13,16H2,1-6H3/t19?,20-/m0/s1. The molecule has 1 saturated heterocycles. The number of rotatable bonds is 4. The number of aryl methyl sites for hydroxylation is 2. The number of nitrogens with zero attached hydrogens (tertiary/aromatic N) is 3. The number of carbonyl (C=O) groups excluding carboxylic acids is 1. The van der Waals surface area contributed by atoms with Crippen LogP contribution in [0.3, 0.4) is 0 Å². The zero-order valence-corrected chi connectivity index (χ0v) is 21.2. The van der Waals surface area contributed by atoms with Crippen molar-refractivity contribution >= 4 is 11.8 Å². The number of halogens is 1. The topological polar surface area (TPSA) is 54.9 Å². The van der Waals surface area contributed by atoms with Crippen molar-refractivity contribution in [3.8, 4) is 5.75 Å². The van der Waals surface area contributed by atoms with Crippen LogP contribution in [-0.4, -0.2) is 47.8 Å². The van der Waals surface area contributed by atoms with Crippen molar-refractivity contribution in [2.45, 2.75) is 66.0 Å². The summed E-state index contributed by atoms with van der Waals surface area (Å²) in [7, 11) is 0. The van der Waals surface area contributed by atoms with Crippen molar-refractivity contribution in [2.24, 2.45) is 5.92 Å². The molecule has 2 aliphatic rings. The van der Waals surface area contributed by atoms with Crippen LogP contribution in [0.2, 0.25) is 0 Å². The minimum absolute atomic E-state index is 0.0864. The van der Waals surface area contributed by atoms with Gasteiger partial charge in [-0.1, -0.05) is 0 Å². The molecule has 1 unspecified atom stereocenters. The highest BCUT2D eigenvalue weighted by molar-refractivity contribution is 5.90. The summed E-state index contributed by atoms with van der Waals surface area (Å²) in [6.07, 6.45) is 1.61. The quantitative estimate of drug-likeness (QED) is 0.584. The lowest BCUT2D eigenvalue weighted by Crippen LogP contribution is -2.41. The van der Waals surface area contributed by atoms with Crippen molar-refractivity contribution in [2.75, 3.05) is 31.1 Å². The van der Waals surface area contributed by atoms with E-state index in [-0.39, 0.29) is 11.9 Å². The van der Waals surface area contributed by atoms with Crippen molar-refractivity contribution in [1.82, 2.24) is 9.88 Å². The molecule has 2 aliphatic heterocycles. The van der Waals surface area contributed by atoms with Gasteiger partial charge >= 0.3 is 6.09 Å². The van der Waals surface area contributed by atoms with Crippen LogP contribution in [0.15, 0.2) is 24.3 Å². The van der Waals surface area contributed by atoms with Gasteiger partial charge < -0.3 is 9.47 Å². The summed E-state index contributed by atoms with van der Waals surface area (Å²) in [6.45, 7) is 14.1. The molecule has 34 heavy (non-hydrogen) atoms. The van der Waals surface area contributed by atoms with Crippen molar-refractivity contribution in [3.05, 3.63) is 52.6 Å². The molecular weight excluding hydrogens is 433 g/mol. The first kappa shape index (κ1) is 24.5. The van der Waals surface area contributed by atoms with E-state index in [0.29, 0.717) is 36.1 Å². The van der Waals surface area contributed by atoms with Gasteiger partial charge in [0, 0.05) is 35.6 Å². The Morgan fingerprint density at radius 1 is 1.21 bits per heavy atom. The first-order valence-corrected chi connectivity index (χ1v) is 12.1. The van der Waals surface area contributed by atoms with Crippen LogP contribution in [0.25, 0.3) is 0 Å². The Kier molecular flexibility index (Phi) is 6.85. The summed E-state index contributed by atoms with van der Waals surface area (Å²) >= 11 is 0. The predicted octanol–water partition coefficient (Wildman–Crippen LogP) is 5.60. The highest BCUT2D eigenvalue weighted by atomic mass is 19.1. The van der Waals surface area contributed by atoms with E-state index in [1.807, 2.05) is 41.5 Å². The molecular formula is C27H36FN3O3. The lowest BCUT2D eigenvalue weighted by atomic mass is 9.98. The van der Waals surface area contributed by atoms with Gasteiger partial charge in [-0.3, -0.25) is 14.8 Å². The van der Waals surface area contributed by atoms with Crippen LogP contribution in [0.5, 0.6) is 5.75 Å². The monoisotopic (exact) mass is 469 g/mol. The minimum Gasteiger partial charge on any atom is -0.490 e. The zero-order chi connectivity index (χ0) is 24.6. The number of fused-ring (bicyclic) bond motifs is 1. The number of pyridine rings is 1. The molecule has 2 aromatic rings. The van der Waals surface area contributed by atoms with Crippen LogP contribution in [0.1, 0.15) is 62.7 Å². The Morgan fingerprint density at radius 3 is 2.59 bits per heavy atom. The maximum Gasteiger partial charge on any atom is 0.415 e. The van der Waals surface area contributed by atoms with E-state index in [9.17, 15) is 4.79 Å². The van der Waals surface area contributed by atoms with E-state index in [2.05, 4.69) is 22.0 Å². The Morgan fingerprint density at radius 2 is 1.91 bits per heavy atom. The molecule has 7 heteroatoms. The third-order valence-corrected chi connectivity index (χ3v) is 6.54. The van der Waals surface area contributed by atoms with Crippen LogP contribution < -0.4 is 9.64 Å². The smallest absolute Gasteiger partial charge is 0.415 e. The van der Waals surface area contributed by atoms with Gasteiger partial charge in [0.1, 0.15) is 23.8 Å². The highest BCUT2D eigenvalue weighted by Gasteiger charge is 2.32. The molecule has 0 bridgehead atoms. The van der Waals surface area contributed by atoms with Gasteiger partial charge in [0.25, 0.3) is 0 Å². The average Bonchev–Trinajstić information content (AvgIpc) is 3.18. The molecule has 0 saturated carbocycles. The summed E-state index contributed by atoms with van der Waals surface area (Å²) in [4.78, 5) is 20.9. The molecule has 0 radical (unpaired) electrons. The summed E-state index contributed by atoms with van der Waals surface area (Å²) in [5.41, 5.74) is 3.82. The number of hydrogen-bond donors (Lipinski definition) is 0. The molecule has 184 valence electrons. The largest absolute Gasteiger partial charge is 0.490 e. The number of likely N-dealkylation sites (tertiary alicyclic amines) is 1. The SMILES string of the molecule is Cc1cc(C[C@@H]2CCN(C(C)c3cc4c(cc3F)N(C(=O)OC(C)(C)C)CCO4)C2)cc(C)n1. The van der Waals surface area contributed by atoms with Gasteiger partial charge in [-0.15, -0.1) is 0 Å². The first-order valence-electron chi connectivity index (χ1n) is 12.1. The molecule has 4 rings (SSSR count). The average molecular weight is 470 g/mol. The molecule has 0 aliphatic carbocycles. The Bertz CT molecular complexity index is 1050. The van der Waals surface area contributed by atoms with E-state index in [0.717, 1.165) is 37.3 Å². The Balaban J connectivity index is 1.48. The van der Waals surface area contributed by atoms with E-state index in [1.54, 1.807) is 6.07 Å². The summed E-state index contributed by atoms with van der Waals surface area (Å²) in [5.74, 6) is 0.733. The van der Waals surface area contributed by atoms with Crippen molar-refractivity contribution < 1.29 is 18.7 Å². The molecule has 6 nitrogen and oxygen atoms in total. The fourth-order valence-electron chi connectivity index (χ4n) is 5.03. The molecule has 1 amide bonds. The van der Waals surface area contributed by atoms with Crippen LogP contribution in [0, 0.1) is 25.6 Å². The van der Waals surface area contributed by atoms with E-state index >= 15 is 4.39 Å². The highest BCUT2D eigenvalue weighted by Crippen LogP contribution is 2.39. The Labute approximate surface area is 202 Å². The summed E-state index contributed by atoms with van der Waals surface area (Å²) in [6, 6.07) is 7.41. The molecule has 3 heterocycles. The first-order chi connectivity index (χ1) is 16.0.